The predicted octanol–water partition coefficient (Wildman–Crippen LogP) is 3.54. The summed E-state index contributed by atoms with van der Waals surface area (Å²) in [7, 11) is 0. The van der Waals surface area contributed by atoms with Crippen molar-refractivity contribution in [1.29, 1.82) is 0 Å². The maximum atomic E-state index is 13.4. The largest absolute Gasteiger partial charge is 0.382 e. The fourth-order valence-electron chi connectivity index (χ4n) is 3.19. The zero-order chi connectivity index (χ0) is 20.4. The summed E-state index contributed by atoms with van der Waals surface area (Å²) in [6.45, 7) is 1.87. The Balaban J connectivity index is 1.31. The molecule has 0 bridgehead atoms. The molecule has 29 heavy (non-hydrogen) atoms. The Morgan fingerprint density at radius 1 is 1.14 bits per heavy atom. The fourth-order valence-corrected chi connectivity index (χ4v) is 3.19. The zero-order valence-electron chi connectivity index (χ0n) is 16.0. The van der Waals surface area contributed by atoms with E-state index in [2.05, 4.69) is 15.8 Å². The molecule has 0 radical (unpaired) electrons. The van der Waals surface area contributed by atoms with Crippen LogP contribution >= 0.6 is 0 Å². The number of benzene rings is 2. The summed E-state index contributed by atoms with van der Waals surface area (Å²) in [5.74, 6) is -0.423. The van der Waals surface area contributed by atoms with Crippen LogP contribution in [-0.2, 0) is 14.4 Å². The molecule has 2 N–H and O–H groups in total. The number of hydrogen-bond donors (Lipinski definition) is 2. The molecule has 1 aliphatic heterocycles. The molecule has 2 aromatic rings. The van der Waals surface area contributed by atoms with Crippen molar-refractivity contribution >= 4 is 23.2 Å². The van der Waals surface area contributed by atoms with E-state index in [1.165, 1.54) is 12.1 Å². The minimum Gasteiger partial charge on any atom is -0.382 e. The minimum absolute atomic E-state index is 0.0617. The van der Waals surface area contributed by atoms with Crippen LogP contribution in [0.5, 0.6) is 0 Å². The van der Waals surface area contributed by atoms with E-state index in [0.29, 0.717) is 11.3 Å². The second-order valence-electron chi connectivity index (χ2n) is 7.46. The number of carbonyl (C=O) groups excluding carboxylic acids is 2. The molecule has 1 heterocycles. The number of rotatable bonds is 6. The number of amides is 2. The van der Waals surface area contributed by atoms with Crippen molar-refractivity contribution in [1.82, 2.24) is 5.32 Å². The number of anilines is 1. The number of carbonyl (C=O) groups is 2. The zero-order valence-corrected chi connectivity index (χ0v) is 16.0. The van der Waals surface area contributed by atoms with Crippen LogP contribution in [0.25, 0.3) is 0 Å². The fraction of sp³-hybridized carbons (Fsp3) is 0.318. The second-order valence-corrected chi connectivity index (χ2v) is 7.46. The molecule has 150 valence electrons. The summed E-state index contributed by atoms with van der Waals surface area (Å²) in [4.78, 5) is 29.6. The van der Waals surface area contributed by atoms with Gasteiger partial charge in [0.15, 0.2) is 0 Å². The van der Waals surface area contributed by atoms with Crippen LogP contribution in [0.3, 0.4) is 0 Å². The van der Waals surface area contributed by atoms with Crippen LogP contribution in [0.4, 0.5) is 10.1 Å². The van der Waals surface area contributed by atoms with Gasteiger partial charge in [0.05, 0.1) is 11.8 Å². The van der Waals surface area contributed by atoms with Crippen LogP contribution in [0.15, 0.2) is 53.7 Å². The van der Waals surface area contributed by atoms with E-state index < -0.39 is 6.10 Å². The quantitative estimate of drug-likeness (QED) is 0.785. The van der Waals surface area contributed by atoms with Crippen LogP contribution in [-0.4, -0.2) is 23.6 Å². The number of nitrogens with zero attached hydrogens (tertiary/aromatic N) is 1. The monoisotopic (exact) mass is 395 g/mol. The Labute approximate surface area is 168 Å². The third-order valence-electron chi connectivity index (χ3n) is 5.10. The first-order valence-electron chi connectivity index (χ1n) is 9.69. The molecule has 0 aromatic heterocycles. The average molecular weight is 395 g/mol. The molecule has 2 atom stereocenters. The highest BCUT2D eigenvalue weighted by molar-refractivity contribution is 6.04. The lowest BCUT2D eigenvalue weighted by molar-refractivity contribution is -0.131. The molecule has 1 saturated carbocycles. The number of halogens is 1. The van der Waals surface area contributed by atoms with Crippen molar-refractivity contribution in [2.24, 2.45) is 11.1 Å². The van der Waals surface area contributed by atoms with E-state index in [1.807, 2.05) is 31.2 Å². The van der Waals surface area contributed by atoms with E-state index in [4.69, 9.17) is 4.84 Å². The summed E-state index contributed by atoms with van der Waals surface area (Å²) in [6.07, 6.45) is 1.46. The number of hydrogen-bond acceptors (Lipinski definition) is 4. The SMILES string of the molecule is C[C@H](NC(=O)[C@@H]1CC(c2cccc(F)c2)=NO1)c1ccc(NC(=O)C2CC2)cc1. The van der Waals surface area contributed by atoms with Gasteiger partial charge in [0, 0.05) is 23.6 Å². The minimum atomic E-state index is -0.743. The van der Waals surface area contributed by atoms with Gasteiger partial charge in [-0.3, -0.25) is 9.59 Å². The Hall–Kier alpha value is -3.22. The van der Waals surface area contributed by atoms with E-state index in [1.54, 1.807) is 12.1 Å². The van der Waals surface area contributed by atoms with Crippen molar-refractivity contribution in [2.45, 2.75) is 38.3 Å². The summed E-state index contributed by atoms with van der Waals surface area (Å²) in [5.41, 5.74) is 2.81. The van der Waals surface area contributed by atoms with Crippen LogP contribution < -0.4 is 10.6 Å². The first-order valence-corrected chi connectivity index (χ1v) is 9.69. The normalized spacial score (nSPS) is 19.1. The molecule has 2 amide bonds. The first-order chi connectivity index (χ1) is 14.0. The highest BCUT2D eigenvalue weighted by Gasteiger charge is 2.30. The Kier molecular flexibility index (Phi) is 5.29. The van der Waals surface area contributed by atoms with Gasteiger partial charge in [0.1, 0.15) is 5.82 Å². The topological polar surface area (TPSA) is 79.8 Å². The molecule has 0 saturated heterocycles. The van der Waals surface area contributed by atoms with Crippen molar-refractivity contribution in [2.75, 3.05) is 5.32 Å². The molecule has 2 aromatic carbocycles. The van der Waals surface area contributed by atoms with Gasteiger partial charge in [-0.1, -0.05) is 29.4 Å². The molecule has 0 spiro atoms. The van der Waals surface area contributed by atoms with Crippen LogP contribution in [0.2, 0.25) is 0 Å². The predicted molar refractivity (Wildman–Crippen MR) is 107 cm³/mol. The van der Waals surface area contributed by atoms with Crippen molar-refractivity contribution in [3.63, 3.8) is 0 Å². The van der Waals surface area contributed by atoms with E-state index in [0.717, 1.165) is 24.1 Å². The average Bonchev–Trinajstić information content (AvgIpc) is 3.45. The highest BCUT2D eigenvalue weighted by atomic mass is 19.1. The standard InChI is InChI=1S/C22H22FN3O3/c1-13(14-7-9-18(10-8-14)25-21(27)15-5-6-15)24-22(28)20-12-19(26-29-20)16-3-2-4-17(23)11-16/h2-4,7-11,13,15,20H,5-6,12H2,1H3,(H,24,28)(H,25,27)/t13-,20-/m0/s1. The lowest BCUT2D eigenvalue weighted by Crippen LogP contribution is -2.36. The molecule has 4 rings (SSSR count). The molecule has 1 fully saturated rings. The Bertz CT molecular complexity index is 954. The molecule has 0 unspecified atom stereocenters. The smallest absolute Gasteiger partial charge is 0.264 e. The van der Waals surface area contributed by atoms with Crippen molar-refractivity contribution in [3.8, 4) is 0 Å². The Morgan fingerprint density at radius 3 is 2.59 bits per heavy atom. The lowest BCUT2D eigenvalue weighted by Gasteiger charge is -2.17. The van der Waals surface area contributed by atoms with Gasteiger partial charge in [-0.2, -0.15) is 0 Å². The van der Waals surface area contributed by atoms with Crippen LogP contribution in [0.1, 0.15) is 43.4 Å². The lowest BCUT2D eigenvalue weighted by atomic mass is 10.0. The molecule has 1 aliphatic carbocycles. The summed E-state index contributed by atoms with van der Waals surface area (Å²) >= 11 is 0. The Morgan fingerprint density at radius 2 is 1.90 bits per heavy atom. The van der Waals surface area contributed by atoms with E-state index in [-0.39, 0.29) is 36.0 Å². The third kappa shape index (κ3) is 4.62. The van der Waals surface area contributed by atoms with Gasteiger partial charge in [-0.05, 0) is 49.6 Å². The maximum Gasteiger partial charge on any atom is 0.264 e. The van der Waals surface area contributed by atoms with Gasteiger partial charge < -0.3 is 15.5 Å². The van der Waals surface area contributed by atoms with Crippen LogP contribution in [0, 0.1) is 11.7 Å². The summed E-state index contributed by atoms with van der Waals surface area (Å²) in [6, 6.07) is 13.2. The number of oxime groups is 1. The number of nitrogens with one attached hydrogen (secondary N) is 2. The van der Waals surface area contributed by atoms with E-state index in [9.17, 15) is 14.0 Å². The van der Waals surface area contributed by atoms with Gasteiger partial charge >= 0.3 is 0 Å². The van der Waals surface area contributed by atoms with Gasteiger partial charge in [0.2, 0.25) is 12.0 Å². The summed E-state index contributed by atoms with van der Waals surface area (Å²) in [5, 5.41) is 9.74. The third-order valence-corrected chi connectivity index (χ3v) is 5.10. The van der Waals surface area contributed by atoms with E-state index >= 15 is 0 Å². The highest BCUT2D eigenvalue weighted by Crippen LogP contribution is 2.30. The molecule has 7 heteroatoms. The van der Waals surface area contributed by atoms with Gasteiger partial charge in [-0.15, -0.1) is 0 Å². The maximum absolute atomic E-state index is 13.4. The summed E-state index contributed by atoms with van der Waals surface area (Å²) < 4.78 is 13.4. The molecular weight excluding hydrogens is 373 g/mol. The van der Waals surface area contributed by atoms with Gasteiger partial charge in [-0.25, -0.2) is 4.39 Å². The second kappa shape index (κ2) is 8.03. The molecule has 6 nitrogen and oxygen atoms in total. The molecule has 2 aliphatic rings. The first kappa shape index (κ1) is 19.1. The molecular formula is C22H22FN3O3. The van der Waals surface area contributed by atoms with Crippen molar-refractivity contribution in [3.05, 3.63) is 65.5 Å². The van der Waals surface area contributed by atoms with Crippen molar-refractivity contribution < 1.29 is 18.8 Å². The van der Waals surface area contributed by atoms with Gasteiger partial charge in [0.25, 0.3) is 5.91 Å².